The van der Waals surface area contributed by atoms with Crippen molar-refractivity contribution in [3.63, 3.8) is 0 Å². The number of hydrogen-bond acceptors (Lipinski definition) is 4. The van der Waals surface area contributed by atoms with E-state index in [1.54, 1.807) is 12.1 Å². The largest absolute Gasteiger partial charge is 0.443 e. The van der Waals surface area contributed by atoms with Crippen molar-refractivity contribution < 1.29 is 18.7 Å². The third-order valence-corrected chi connectivity index (χ3v) is 6.77. The lowest BCUT2D eigenvalue weighted by Gasteiger charge is -2.40. The maximum atomic E-state index is 13.6. The zero-order valence-electron chi connectivity index (χ0n) is 21.3. The fourth-order valence-corrected chi connectivity index (χ4v) is 5.11. The fraction of sp³-hybridized carbons (Fsp3) is 0.300. The third-order valence-electron chi connectivity index (χ3n) is 6.77. The van der Waals surface area contributed by atoms with Crippen LogP contribution >= 0.6 is 0 Å². The van der Waals surface area contributed by atoms with Gasteiger partial charge in [0.25, 0.3) is 0 Å². The van der Waals surface area contributed by atoms with Gasteiger partial charge in [-0.25, -0.2) is 19.1 Å². The average molecular weight is 500 g/mol. The van der Waals surface area contributed by atoms with Crippen LogP contribution in [0.3, 0.4) is 0 Å². The first-order chi connectivity index (χ1) is 17.7. The standard InChI is InChI=1S/C30H30FN3O3/c1-29(2,3)37-28(36)34-25-12-8-7-11-24(25)30(27(34)32-23-15-13-22(31)14-16-23)17-18-33(26(35)19-30)20-21-9-5-4-6-10-21/h4-16H,17-20H2,1-3H3. The van der Waals surface area contributed by atoms with Gasteiger partial charge in [-0.15, -0.1) is 0 Å². The van der Waals surface area contributed by atoms with Crippen molar-refractivity contribution in [2.45, 2.75) is 51.2 Å². The molecule has 2 heterocycles. The number of benzene rings is 3. The molecule has 3 aromatic rings. The SMILES string of the molecule is CC(C)(C)OC(=O)N1C(=Nc2ccc(F)cc2)C2(CCN(Cc3ccccc3)C(=O)C2)c2ccccc21. The molecule has 0 aromatic heterocycles. The number of likely N-dealkylation sites (tertiary alicyclic amines) is 1. The lowest BCUT2D eigenvalue weighted by atomic mass is 9.73. The van der Waals surface area contributed by atoms with E-state index in [4.69, 9.17) is 9.73 Å². The summed E-state index contributed by atoms with van der Waals surface area (Å²) >= 11 is 0. The Morgan fingerprint density at radius 2 is 1.68 bits per heavy atom. The second-order valence-electron chi connectivity index (χ2n) is 10.6. The molecule has 0 saturated carbocycles. The Morgan fingerprint density at radius 3 is 2.35 bits per heavy atom. The highest BCUT2D eigenvalue weighted by Gasteiger charge is 2.54. The Labute approximate surface area is 216 Å². The Hall–Kier alpha value is -4.00. The first-order valence-electron chi connectivity index (χ1n) is 12.5. The molecule has 3 aromatic carbocycles. The summed E-state index contributed by atoms with van der Waals surface area (Å²) in [7, 11) is 0. The summed E-state index contributed by atoms with van der Waals surface area (Å²) in [4.78, 5) is 35.4. The van der Waals surface area contributed by atoms with Crippen LogP contribution in [0.25, 0.3) is 0 Å². The van der Waals surface area contributed by atoms with Gasteiger partial charge in [-0.1, -0.05) is 48.5 Å². The van der Waals surface area contributed by atoms with E-state index in [0.717, 1.165) is 11.1 Å². The molecular formula is C30H30FN3O3. The monoisotopic (exact) mass is 499 g/mol. The predicted octanol–water partition coefficient (Wildman–Crippen LogP) is 6.37. The van der Waals surface area contributed by atoms with Crippen LogP contribution in [0, 0.1) is 5.82 Å². The molecule has 0 N–H and O–H groups in total. The molecule has 2 aliphatic rings. The number of nitrogens with zero attached hydrogens (tertiary/aromatic N) is 3. The number of rotatable bonds is 3. The van der Waals surface area contributed by atoms with Gasteiger partial charge in [-0.3, -0.25) is 4.79 Å². The first kappa shape index (κ1) is 24.7. The molecule has 6 nitrogen and oxygen atoms in total. The van der Waals surface area contributed by atoms with Gasteiger partial charge in [-0.2, -0.15) is 0 Å². The van der Waals surface area contributed by atoms with E-state index in [1.165, 1.54) is 17.0 Å². The van der Waals surface area contributed by atoms with Gasteiger partial charge < -0.3 is 9.64 Å². The first-order valence-corrected chi connectivity index (χ1v) is 12.5. The summed E-state index contributed by atoms with van der Waals surface area (Å²) in [5.74, 6) is 0.0480. The van der Waals surface area contributed by atoms with Crippen LogP contribution in [0.2, 0.25) is 0 Å². The molecule has 190 valence electrons. The third kappa shape index (κ3) is 4.86. The van der Waals surface area contributed by atoms with Crippen LogP contribution in [0.4, 0.5) is 20.6 Å². The van der Waals surface area contributed by atoms with Crippen LogP contribution in [-0.2, 0) is 21.5 Å². The second kappa shape index (κ2) is 9.47. The number of para-hydroxylation sites is 1. The molecule has 1 atom stereocenters. The van der Waals surface area contributed by atoms with Gasteiger partial charge in [0.2, 0.25) is 5.91 Å². The molecule has 1 unspecified atom stereocenters. The normalized spacial score (nSPS) is 20.4. The van der Waals surface area contributed by atoms with Crippen LogP contribution in [0.1, 0.15) is 44.7 Å². The summed E-state index contributed by atoms with van der Waals surface area (Å²) in [6, 6.07) is 23.3. The minimum absolute atomic E-state index is 0.0113. The maximum Gasteiger partial charge on any atom is 0.420 e. The van der Waals surface area contributed by atoms with Gasteiger partial charge in [0.1, 0.15) is 17.3 Å². The molecule has 1 fully saturated rings. The highest BCUT2D eigenvalue weighted by Crippen LogP contribution is 2.50. The van der Waals surface area contributed by atoms with Crippen molar-refractivity contribution in [2.24, 2.45) is 4.99 Å². The lowest BCUT2D eigenvalue weighted by molar-refractivity contribution is -0.135. The van der Waals surface area contributed by atoms with Crippen molar-refractivity contribution in [1.82, 2.24) is 4.90 Å². The van der Waals surface area contributed by atoms with E-state index >= 15 is 0 Å². The Bertz CT molecular complexity index is 1350. The predicted molar refractivity (Wildman–Crippen MR) is 141 cm³/mol. The quantitative estimate of drug-likeness (QED) is 0.421. The zero-order valence-corrected chi connectivity index (χ0v) is 21.3. The van der Waals surface area contributed by atoms with Crippen molar-refractivity contribution in [1.29, 1.82) is 0 Å². The summed E-state index contributed by atoms with van der Waals surface area (Å²) < 4.78 is 19.4. The van der Waals surface area contributed by atoms with Crippen molar-refractivity contribution in [3.05, 3.63) is 95.8 Å². The number of ether oxygens (including phenoxy) is 1. The zero-order chi connectivity index (χ0) is 26.2. The van der Waals surface area contributed by atoms with E-state index in [-0.39, 0.29) is 18.1 Å². The topological polar surface area (TPSA) is 62.2 Å². The lowest BCUT2D eigenvalue weighted by Crippen LogP contribution is -2.52. The minimum Gasteiger partial charge on any atom is -0.443 e. The Balaban J connectivity index is 1.58. The van der Waals surface area contributed by atoms with Crippen LogP contribution in [-0.4, -0.2) is 34.9 Å². The average Bonchev–Trinajstić information content (AvgIpc) is 3.11. The van der Waals surface area contributed by atoms with Crippen molar-refractivity contribution in [2.75, 3.05) is 11.4 Å². The van der Waals surface area contributed by atoms with E-state index in [9.17, 15) is 14.0 Å². The minimum atomic E-state index is -0.813. The van der Waals surface area contributed by atoms with Crippen molar-refractivity contribution >= 4 is 29.2 Å². The van der Waals surface area contributed by atoms with Crippen molar-refractivity contribution in [3.8, 4) is 0 Å². The summed E-state index contributed by atoms with van der Waals surface area (Å²) in [6.07, 6.45) is 0.190. The molecule has 5 rings (SSSR count). The van der Waals surface area contributed by atoms with E-state index < -0.39 is 17.1 Å². The van der Waals surface area contributed by atoms with E-state index in [1.807, 2.05) is 80.3 Å². The number of piperidine rings is 1. The number of carbonyl (C=O) groups is 2. The number of halogens is 1. The summed E-state index contributed by atoms with van der Waals surface area (Å²) in [5, 5.41) is 0. The molecule has 37 heavy (non-hydrogen) atoms. The van der Waals surface area contributed by atoms with Crippen LogP contribution < -0.4 is 4.90 Å². The molecule has 1 spiro atoms. The van der Waals surface area contributed by atoms with E-state index in [0.29, 0.717) is 36.7 Å². The molecule has 1 saturated heterocycles. The number of amidine groups is 1. The number of fused-ring (bicyclic) bond motifs is 2. The second-order valence-corrected chi connectivity index (χ2v) is 10.6. The number of hydrogen-bond donors (Lipinski definition) is 0. The molecule has 7 heteroatoms. The van der Waals surface area contributed by atoms with Gasteiger partial charge in [-0.05, 0) is 68.7 Å². The summed E-state index contributed by atoms with van der Waals surface area (Å²) in [6.45, 7) is 6.46. The Kier molecular flexibility index (Phi) is 6.31. The van der Waals surface area contributed by atoms with Gasteiger partial charge in [0, 0.05) is 19.5 Å². The number of aliphatic imine (C=N–C) groups is 1. The molecule has 2 amide bonds. The van der Waals surface area contributed by atoms with Crippen LogP contribution in [0.5, 0.6) is 0 Å². The van der Waals surface area contributed by atoms with Gasteiger partial charge >= 0.3 is 6.09 Å². The van der Waals surface area contributed by atoms with E-state index in [2.05, 4.69) is 0 Å². The smallest absolute Gasteiger partial charge is 0.420 e. The maximum absolute atomic E-state index is 13.6. The van der Waals surface area contributed by atoms with Gasteiger partial charge in [0.15, 0.2) is 0 Å². The summed E-state index contributed by atoms with van der Waals surface area (Å²) in [5.41, 5.74) is 1.55. The molecule has 2 aliphatic heterocycles. The number of anilines is 1. The highest BCUT2D eigenvalue weighted by atomic mass is 19.1. The highest BCUT2D eigenvalue weighted by molar-refractivity contribution is 6.25. The van der Waals surface area contributed by atoms with Crippen LogP contribution in [0.15, 0.2) is 83.9 Å². The molecule has 0 aliphatic carbocycles. The molecule has 0 bridgehead atoms. The fourth-order valence-electron chi connectivity index (χ4n) is 5.11. The molecule has 0 radical (unpaired) electrons. The number of amides is 2. The van der Waals surface area contributed by atoms with Gasteiger partial charge in [0.05, 0.1) is 16.8 Å². The molecular weight excluding hydrogens is 469 g/mol. The number of carbonyl (C=O) groups excluding carboxylic acids is 2. The Morgan fingerprint density at radius 1 is 1.00 bits per heavy atom.